The van der Waals surface area contributed by atoms with Crippen molar-refractivity contribution in [1.82, 2.24) is 0 Å². The van der Waals surface area contributed by atoms with E-state index in [1.165, 1.54) is 12.1 Å². The van der Waals surface area contributed by atoms with Crippen molar-refractivity contribution in [3.8, 4) is 11.5 Å². The normalized spacial score (nSPS) is 13.7. The number of hydrogen-bond donors (Lipinski definition) is 1. The SMILES string of the molecule is O=S(=O)(Nc1cc2c(cc1Br)OCCO2)c1ccc(Cl)cc1F. The molecule has 0 unspecified atom stereocenters. The molecular weight excluding hydrogens is 413 g/mol. The highest BCUT2D eigenvalue weighted by molar-refractivity contribution is 9.10. The van der Waals surface area contributed by atoms with Crippen LogP contribution < -0.4 is 14.2 Å². The molecular formula is C14H10BrClFNO4S. The second-order valence-electron chi connectivity index (χ2n) is 4.66. The van der Waals surface area contributed by atoms with Gasteiger partial charge in [-0.2, -0.15) is 0 Å². The van der Waals surface area contributed by atoms with Crippen LogP contribution in [-0.2, 0) is 10.0 Å². The summed E-state index contributed by atoms with van der Waals surface area (Å²) >= 11 is 8.89. The number of anilines is 1. The summed E-state index contributed by atoms with van der Waals surface area (Å²) < 4.78 is 52.2. The van der Waals surface area contributed by atoms with Crippen molar-refractivity contribution in [2.45, 2.75) is 4.90 Å². The molecule has 0 bridgehead atoms. The summed E-state index contributed by atoms with van der Waals surface area (Å²) in [6.07, 6.45) is 0. The van der Waals surface area contributed by atoms with Gasteiger partial charge in [-0.1, -0.05) is 11.6 Å². The summed E-state index contributed by atoms with van der Waals surface area (Å²) in [5, 5.41) is 0.113. The Bertz CT molecular complexity index is 875. The van der Waals surface area contributed by atoms with Gasteiger partial charge in [0.05, 0.1) is 5.69 Å². The molecule has 122 valence electrons. The van der Waals surface area contributed by atoms with E-state index < -0.39 is 20.7 Å². The minimum atomic E-state index is -4.12. The van der Waals surface area contributed by atoms with Crippen LogP contribution in [0.25, 0.3) is 0 Å². The molecule has 0 fully saturated rings. The van der Waals surface area contributed by atoms with E-state index in [0.717, 1.165) is 12.1 Å². The van der Waals surface area contributed by atoms with Gasteiger partial charge in [0.15, 0.2) is 11.5 Å². The van der Waals surface area contributed by atoms with Crippen LogP contribution in [0.5, 0.6) is 11.5 Å². The molecule has 0 saturated heterocycles. The van der Waals surface area contributed by atoms with Crippen LogP contribution in [0.15, 0.2) is 39.7 Å². The maximum Gasteiger partial charge on any atom is 0.264 e. The van der Waals surface area contributed by atoms with Crippen LogP contribution in [0.3, 0.4) is 0 Å². The molecule has 3 rings (SSSR count). The largest absolute Gasteiger partial charge is 0.486 e. The van der Waals surface area contributed by atoms with Crippen LogP contribution in [0.2, 0.25) is 5.02 Å². The van der Waals surface area contributed by atoms with Gasteiger partial charge in [-0.25, -0.2) is 12.8 Å². The standard InChI is InChI=1S/C14H10BrClFNO4S/c15-9-6-12-13(22-4-3-21-12)7-11(9)18-23(19,20)14-2-1-8(16)5-10(14)17/h1-2,5-7,18H,3-4H2. The second-order valence-corrected chi connectivity index (χ2v) is 7.60. The van der Waals surface area contributed by atoms with Crippen LogP contribution in [0.4, 0.5) is 10.1 Å². The number of hydrogen-bond acceptors (Lipinski definition) is 4. The first-order chi connectivity index (χ1) is 10.9. The third-order valence-corrected chi connectivity index (χ3v) is 5.35. The topological polar surface area (TPSA) is 64.6 Å². The van der Waals surface area contributed by atoms with Crippen LogP contribution in [0, 0.1) is 5.82 Å². The Balaban J connectivity index is 1.97. The first-order valence-corrected chi connectivity index (χ1v) is 9.09. The molecule has 0 radical (unpaired) electrons. The molecule has 0 spiro atoms. The van der Waals surface area contributed by atoms with E-state index in [1.807, 2.05) is 0 Å². The fourth-order valence-corrected chi connectivity index (χ4v) is 3.88. The number of ether oxygens (including phenoxy) is 2. The molecule has 1 aliphatic rings. The minimum absolute atomic E-state index is 0.113. The summed E-state index contributed by atoms with van der Waals surface area (Å²) in [5.74, 6) is -0.0175. The van der Waals surface area contributed by atoms with Crippen molar-refractivity contribution in [1.29, 1.82) is 0 Å². The smallest absolute Gasteiger partial charge is 0.264 e. The van der Waals surface area contributed by atoms with Crippen LogP contribution in [-0.4, -0.2) is 21.6 Å². The fourth-order valence-electron chi connectivity index (χ4n) is 2.04. The van der Waals surface area contributed by atoms with E-state index >= 15 is 0 Å². The average Bonchev–Trinajstić information content (AvgIpc) is 2.47. The van der Waals surface area contributed by atoms with Crippen molar-refractivity contribution in [3.63, 3.8) is 0 Å². The number of benzene rings is 2. The van der Waals surface area contributed by atoms with Crippen LogP contribution >= 0.6 is 27.5 Å². The quantitative estimate of drug-likeness (QED) is 0.817. The van der Waals surface area contributed by atoms with Gasteiger partial charge in [0, 0.05) is 21.6 Å². The molecule has 23 heavy (non-hydrogen) atoms. The molecule has 2 aromatic rings. The summed E-state index contributed by atoms with van der Waals surface area (Å²) in [6.45, 7) is 0.785. The highest BCUT2D eigenvalue weighted by Crippen LogP contribution is 2.39. The molecule has 0 aliphatic carbocycles. The lowest BCUT2D eigenvalue weighted by molar-refractivity contribution is 0.171. The van der Waals surface area contributed by atoms with Crippen molar-refractivity contribution in [3.05, 3.63) is 45.6 Å². The van der Waals surface area contributed by atoms with E-state index in [2.05, 4.69) is 20.7 Å². The Labute approximate surface area is 145 Å². The lowest BCUT2D eigenvalue weighted by Crippen LogP contribution is -2.17. The highest BCUT2D eigenvalue weighted by Gasteiger charge is 2.22. The average molecular weight is 423 g/mol. The van der Waals surface area contributed by atoms with Gasteiger partial charge >= 0.3 is 0 Å². The van der Waals surface area contributed by atoms with E-state index in [9.17, 15) is 12.8 Å². The molecule has 0 amide bonds. The predicted octanol–water partition coefficient (Wildman–Crippen LogP) is 3.81. The molecule has 0 atom stereocenters. The van der Waals surface area contributed by atoms with Crippen molar-refractivity contribution >= 4 is 43.2 Å². The van der Waals surface area contributed by atoms with E-state index in [4.69, 9.17) is 21.1 Å². The lowest BCUT2D eigenvalue weighted by atomic mass is 10.2. The molecule has 0 aromatic heterocycles. The van der Waals surface area contributed by atoms with E-state index in [0.29, 0.717) is 29.2 Å². The maximum absolute atomic E-state index is 13.9. The predicted molar refractivity (Wildman–Crippen MR) is 87.4 cm³/mol. The maximum atomic E-state index is 13.9. The number of rotatable bonds is 3. The zero-order chi connectivity index (χ0) is 16.6. The van der Waals surface area contributed by atoms with Gasteiger partial charge in [0.25, 0.3) is 10.0 Å². The van der Waals surface area contributed by atoms with Gasteiger partial charge in [-0.15, -0.1) is 0 Å². The summed E-state index contributed by atoms with van der Waals surface area (Å²) in [6, 6.07) is 6.41. The molecule has 1 aliphatic heterocycles. The fraction of sp³-hybridized carbons (Fsp3) is 0.143. The third kappa shape index (κ3) is 3.39. The Morgan fingerprint density at radius 1 is 1.13 bits per heavy atom. The lowest BCUT2D eigenvalue weighted by Gasteiger charge is -2.20. The van der Waals surface area contributed by atoms with Crippen molar-refractivity contribution in [2.24, 2.45) is 0 Å². The van der Waals surface area contributed by atoms with Crippen molar-refractivity contribution in [2.75, 3.05) is 17.9 Å². The van der Waals surface area contributed by atoms with Crippen molar-refractivity contribution < 1.29 is 22.3 Å². The van der Waals surface area contributed by atoms with Crippen LogP contribution in [0.1, 0.15) is 0 Å². The summed E-state index contributed by atoms with van der Waals surface area (Å²) in [7, 11) is -4.12. The van der Waals surface area contributed by atoms with Gasteiger partial charge in [-0.3, -0.25) is 4.72 Å². The summed E-state index contributed by atoms with van der Waals surface area (Å²) in [5.41, 5.74) is 0.212. The van der Waals surface area contributed by atoms with Gasteiger partial charge in [0.1, 0.15) is 23.9 Å². The minimum Gasteiger partial charge on any atom is -0.486 e. The molecule has 2 aromatic carbocycles. The first-order valence-electron chi connectivity index (χ1n) is 6.44. The second kappa shape index (κ2) is 6.18. The highest BCUT2D eigenvalue weighted by atomic mass is 79.9. The zero-order valence-corrected chi connectivity index (χ0v) is 14.6. The first kappa shape index (κ1) is 16.4. The number of sulfonamides is 1. The Kier molecular flexibility index (Phi) is 4.39. The van der Waals surface area contributed by atoms with E-state index in [-0.39, 0.29) is 10.7 Å². The molecule has 5 nitrogen and oxygen atoms in total. The van der Waals surface area contributed by atoms with Gasteiger partial charge in [0.2, 0.25) is 0 Å². The van der Waals surface area contributed by atoms with Gasteiger partial charge < -0.3 is 9.47 Å². The molecule has 1 heterocycles. The number of halogens is 3. The molecule has 0 saturated carbocycles. The molecule has 1 N–H and O–H groups in total. The zero-order valence-electron chi connectivity index (χ0n) is 11.5. The van der Waals surface area contributed by atoms with Gasteiger partial charge in [-0.05, 0) is 34.1 Å². The number of fused-ring (bicyclic) bond motifs is 1. The van der Waals surface area contributed by atoms with E-state index in [1.54, 1.807) is 6.07 Å². The number of nitrogens with one attached hydrogen (secondary N) is 1. The Hall–Kier alpha value is -1.51. The Morgan fingerprint density at radius 2 is 1.78 bits per heavy atom. The third-order valence-electron chi connectivity index (χ3n) is 3.06. The summed E-state index contributed by atoms with van der Waals surface area (Å²) in [4.78, 5) is -0.497. The monoisotopic (exact) mass is 421 g/mol. The Morgan fingerprint density at radius 3 is 2.43 bits per heavy atom. The molecule has 9 heteroatoms.